The molecule has 1 N–H and O–H groups in total. The molecule has 3 aromatic heterocycles. The number of pyridine rings is 2. The molecule has 35 heavy (non-hydrogen) atoms. The van der Waals surface area contributed by atoms with Gasteiger partial charge >= 0.3 is 0 Å². The van der Waals surface area contributed by atoms with Gasteiger partial charge in [-0.1, -0.05) is 12.5 Å². The monoisotopic (exact) mass is 471 g/mol. The number of carbonyl (C=O) groups is 1. The van der Waals surface area contributed by atoms with Gasteiger partial charge in [0.05, 0.1) is 11.9 Å². The number of rotatable bonds is 7. The average molecular weight is 472 g/mol. The molecular formula is C28H30FN5O. The number of likely N-dealkylation sites (tertiary alicyclic amines) is 1. The first-order valence-corrected chi connectivity index (χ1v) is 12.3. The number of carbonyl (C=O) groups excluding carboxylic acids is 1. The van der Waals surface area contributed by atoms with Crippen molar-refractivity contribution in [2.75, 3.05) is 26.2 Å². The first-order valence-electron chi connectivity index (χ1n) is 12.3. The van der Waals surface area contributed by atoms with E-state index >= 15 is 0 Å². The predicted octanol–water partition coefficient (Wildman–Crippen LogP) is 5.12. The third-order valence-corrected chi connectivity index (χ3v) is 6.67. The van der Waals surface area contributed by atoms with Gasteiger partial charge in [-0.05, 0) is 87.8 Å². The molecule has 6 nitrogen and oxygen atoms in total. The lowest BCUT2D eigenvalue weighted by molar-refractivity contribution is 0.0945. The number of hydrogen-bond donors (Lipinski definition) is 1. The van der Waals surface area contributed by atoms with Crippen molar-refractivity contribution in [3.8, 4) is 22.4 Å². The summed E-state index contributed by atoms with van der Waals surface area (Å²) in [5, 5.41) is 3.05. The molecule has 4 heterocycles. The molecule has 0 bridgehead atoms. The Kier molecular flexibility index (Phi) is 6.86. The molecule has 0 spiro atoms. The van der Waals surface area contributed by atoms with E-state index in [0.717, 1.165) is 48.4 Å². The van der Waals surface area contributed by atoms with Crippen molar-refractivity contribution in [1.29, 1.82) is 0 Å². The van der Waals surface area contributed by atoms with Crippen LogP contribution in [0.15, 0.2) is 61.1 Å². The van der Waals surface area contributed by atoms with E-state index in [1.54, 1.807) is 31.5 Å². The van der Waals surface area contributed by atoms with Crippen molar-refractivity contribution in [1.82, 2.24) is 24.6 Å². The van der Waals surface area contributed by atoms with E-state index in [1.807, 2.05) is 34.9 Å². The van der Waals surface area contributed by atoms with Crippen molar-refractivity contribution in [3.05, 3.63) is 78.1 Å². The van der Waals surface area contributed by atoms with Gasteiger partial charge in [0.25, 0.3) is 5.91 Å². The van der Waals surface area contributed by atoms with Crippen LogP contribution in [0.4, 0.5) is 4.39 Å². The van der Waals surface area contributed by atoms with Crippen molar-refractivity contribution < 1.29 is 9.18 Å². The molecular weight excluding hydrogens is 441 g/mol. The van der Waals surface area contributed by atoms with E-state index in [2.05, 4.69) is 20.2 Å². The van der Waals surface area contributed by atoms with Gasteiger partial charge in [0.15, 0.2) is 0 Å². The third-order valence-electron chi connectivity index (χ3n) is 6.67. The maximum atomic E-state index is 13.8. The van der Waals surface area contributed by atoms with Crippen LogP contribution in [0.5, 0.6) is 0 Å². The summed E-state index contributed by atoms with van der Waals surface area (Å²) in [6.45, 7) is 5.73. The zero-order valence-corrected chi connectivity index (χ0v) is 20.0. The highest BCUT2D eigenvalue weighted by molar-refractivity contribution is 5.93. The van der Waals surface area contributed by atoms with Gasteiger partial charge in [0.1, 0.15) is 17.2 Å². The van der Waals surface area contributed by atoms with Crippen molar-refractivity contribution in [2.24, 2.45) is 0 Å². The number of piperidine rings is 1. The van der Waals surface area contributed by atoms with Gasteiger partial charge in [-0.15, -0.1) is 0 Å². The molecule has 4 aromatic rings. The zero-order chi connectivity index (χ0) is 24.2. The molecule has 1 saturated heterocycles. The Balaban J connectivity index is 1.36. The van der Waals surface area contributed by atoms with Crippen LogP contribution < -0.4 is 5.32 Å². The van der Waals surface area contributed by atoms with Crippen LogP contribution in [0.1, 0.15) is 41.7 Å². The van der Waals surface area contributed by atoms with Crippen LogP contribution in [0, 0.1) is 12.7 Å². The number of aromatic nitrogens is 3. The van der Waals surface area contributed by atoms with Crippen LogP contribution in [0.2, 0.25) is 0 Å². The Morgan fingerprint density at radius 2 is 1.89 bits per heavy atom. The summed E-state index contributed by atoms with van der Waals surface area (Å²) in [5.74, 6) is -0.369. The minimum atomic E-state index is -0.238. The lowest BCUT2D eigenvalue weighted by Crippen LogP contribution is -2.33. The van der Waals surface area contributed by atoms with Crippen molar-refractivity contribution >= 4 is 11.6 Å². The Morgan fingerprint density at radius 1 is 1.06 bits per heavy atom. The number of nitrogens with one attached hydrogen (secondary N) is 1. The number of fused-ring (bicyclic) bond motifs is 1. The van der Waals surface area contributed by atoms with Crippen LogP contribution >= 0.6 is 0 Å². The quantitative estimate of drug-likeness (QED) is 0.380. The summed E-state index contributed by atoms with van der Waals surface area (Å²) < 4.78 is 15.7. The molecule has 180 valence electrons. The summed E-state index contributed by atoms with van der Waals surface area (Å²) in [6, 6.07) is 12.7. The van der Waals surface area contributed by atoms with E-state index in [-0.39, 0.29) is 11.7 Å². The fourth-order valence-corrected chi connectivity index (χ4v) is 4.75. The Hall–Kier alpha value is -3.58. The highest BCUT2D eigenvalue weighted by atomic mass is 19.1. The molecule has 7 heteroatoms. The molecule has 1 aliphatic rings. The summed E-state index contributed by atoms with van der Waals surface area (Å²) in [7, 11) is 0. The second-order valence-corrected chi connectivity index (χ2v) is 9.16. The van der Waals surface area contributed by atoms with Gasteiger partial charge in [0, 0.05) is 35.6 Å². The molecule has 0 unspecified atom stereocenters. The second kappa shape index (κ2) is 10.4. The first kappa shape index (κ1) is 23.2. The fourth-order valence-electron chi connectivity index (χ4n) is 4.75. The highest BCUT2D eigenvalue weighted by Gasteiger charge is 2.15. The summed E-state index contributed by atoms with van der Waals surface area (Å²) >= 11 is 0. The number of amides is 1. The first-order chi connectivity index (χ1) is 17.1. The van der Waals surface area contributed by atoms with Crippen LogP contribution in [-0.4, -0.2) is 51.4 Å². The maximum Gasteiger partial charge on any atom is 0.269 e. The predicted molar refractivity (Wildman–Crippen MR) is 136 cm³/mol. The smallest absolute Gasteiger partial charge is 0.269 e. The van der Waals surface area contributed by atoms with Crippen LogP contribution in [-0.2, 0) is 0 Å². The van der Waals surface area contributed by atoms with Crippen LogP contribution in [0.25, 0.3) is 28.0 Å². The largest absolute Gasteiger partial charge is 0.351 e. The minimum absolute atomic E-state index is 0.131. The molecule has 0 radical (unpaired) electrons. The van der Waals surface area contributed by atoms with E-state index < -0.39 is 0 Å². The number of benzene rings is 1. The minimum Gasteiger partial charge on any atom is -0.351 e. The van der Waals surface area contributed by atoms with E-state index in [0.29, 0.717) is 23.4 Å². The summed E-state index contributed by atoms with van der Waals surface area (Å²) in [5.41, 5.74) is 5.19. The molecule has 1 aromatic carbocycles. The van der Waals surface area contributed by atoms with Gasteiger partial charge in [-0.3, -0.25) is 14.2 Å². The molecule has 0 saturated carbocycles. The van der Waals surface area contributed by atoms with E-state index in [4.69, 9.17) is 0 Å². The van der Waals surface area contributed by atoms with E-state index in [9.17, 15) is 9.18 Å². The van der Waals surface area contributed by atoms with Gasteiger partial charge in [0.2, 0.25) is 0 Å². The fraction of sp³-hybridized carbons (Fsp3) is 0.321. The number of nitrogens with zero attached hydrogens (tertiary/aromatic N) is 4. The van der Waals surface area contributed by atoms with Crippen LogP contribution in [0.3, 0.4) is 0 Å². The second-order valence-electron chi connectivity index (χ2n) is 9.16. The number of hydrogen-bond acceptors (Lipinski definition) is 4. The summed E-state index contributed by atoms with van der Waals surface area (Å²) in [4.78, 5) is 24.4. The van der Waals surface area contributed by atoms with Gasteiger partial charge < -0.3 is 10.2 Å². The highest BCUT2D eigenvalue weighted by Crippen LogP contribution is 2.31. The molecule has 1 amide bonds. The van der Waals surface area contributed by atoms with E-state index in [1.165, 1.54) is 25.3 Å². The number of imidazole rings is 1. The third kappa shape index (κ3) is 5.10. The van der Waals surface area contributed by atoms with Crippen molar-refractivity contribution in [2.45, 2.75) is 32.6 Å². The molecule has 1 aliphatic heterocycles. The Morgan fingerprint density at radius 3 is 2.71 bits per heavy atom. The molecule has 0 atom stereocenters. The topological polar surface area (TPSA) is 62.5 Å². The SMILES string of the molecule is Cc1cc(-c2ncccc2-c2ccc3ncc(C(=O)NCCCN4CCCCC4)n3c2)ccc1F. The zero-order valence-electron chi connectivity index (χ0n) is 20.0. The Labute approximate surface area is 204 Å². The molecule has 5 rings (SSSR count). The summed E-state index contributed by atoms with van der Waals surface area (Å²) in [6.07, 6.45) is 10.1. The van der Waals surface area contributed by atoms with Gasteiger partial charge in [-0.25, -0.2) is 9.37 Å². The number of aryl methyl sites for hydroxylation is 1. The molecule has 1 fully saturated rings. The standard InChI is InChI=1S/C28H30FN5O/c1-20-17-21(8-10-24(20)29)27-23(7-5-12-30-27)22-9-11-26-32-18-25(34(26)19-22)28(35)31-13-6-16-33-14-3-2-4-15-33/h5,7-12,17-19H,2-4,6,13-16H2,1H3,(H,31,35). The maximum absolute atomic E-state index is 13.8. The normalized spacial score (nSPS) is 14.3. The van der Waals surface area contributed by atoms with Crippen molar-refractivity contribution in [3.63, 3.8) is 0 Å². The molecule has 0 aliphatic carbocycles. The van der Waals surface area contributed by atoms with Gasteiger partial charge in [-0.2, -0.15) is 0 Å². The lowest BCUT2D eigenvalue weighted by atomic mass is 9.99. The number of halogens is 1. The lowest BCUT2D eigenvalue weighted by Gasteiger charge is -2.26. The Bertz CT molecular complexity index is 1340. The average Bonchev–Trinajstić information content (AvgIpc) is 3.32.